The third kappa shape index (κ3) is 8.64. The Morgan fingerprint density at radius 2 is 1.20 bits per heavy atom. The van der Waals surface area contributed by atoms with E-state index < -0.39 is 0 Å². The van der Waals surface area contributed by atoms with Crippen LogP contribution in [0.25, 0.3) is 38.8 Å². The van der Waals surface area contributed by atoms with Gasteiger partial charge < -0.3 is 23.9 Å². The van der Waals surface area contributed by atoms with E-state index in [-0.39, 0.29) is 44.2 Å². The fourth-order valence-corrected chi connectivity index (χ4v) is 9.79. The molecule has 0 radical (unpaired) electrons. The molecule has 0 atom stereocenters. The maximum absolute atomic E-state index is 6.70. The fraction of sp³-hybridized carbons (Fsp3) is 0.194. The van der Waals surface area contributed by atoms with Crippen LogP contribution in [0.5, 0.6) is 11.5 Å². The van der Waals surface area contributed by atoms with E-state index in [0.717, 1.165) is 50.3 Å². The summed E-state index contributed by atoms with van der Waals surface area (Å²) in [6.45, 7) is 22.4. The van der Waals surface area contributed by atoms with Gasteiger partial charge in [0.2, 0.25) is 0 Å². The van der Waals surface area contributed by atoms with E-state index in [4.69, 9.17) is 9.72 Å². The minimum Gasteiger partial charge on any atom is -0.509 e. The molecule has 0 fully saturated rings. The van der Waals surface area contributed by atoms with Crippen molar-refractivity contribution in [3.63, 3.8) is 0 Å². The quantitative estimate of drug-likeness (QED) is 0.117. The summed E-state index contributed by atoms with van der Waals surface area (Å²) in [4.78, 5) is 11.8. The molecule has 2 aromatic heterocycles. The van der Waals surface area contributed by atoms with Gasteiger partial charge in [0.25, 0.3) is 0 Å². The number of aromatic nitrogens is 2. The Balaban J connectivity index is 0.00000567. The fourth-order valence-electron chi connectivity index (χ4n) is 9.79. The summed E-state index contributed by atoms with van der Waals surface area (Å²) in [5, 5.41) is 2.23. The molecule has 0 spiro atoms. The number of allylic oxidation sites excluding steroid dienone is 4. The van der Waals surface area contributed by atoms with Gasteiger partial charge in [0.05, 0.1) is 0 Å². The molecule has 352 valence electrons. The molecule has 3 aliphatic heterocycles. The van der Waals surface area contributed by atoms with Gasteiger partial charge >= 0.3 is 6.85 Å². The van der Waals surface area contributed by atoms with E-state index in [9.17, 15) is 0 Å². The van der Waals surface area contributed by atoms with E-state index in [2.05, 4.69) is 252 Å². The molecule has 11 rings (SSSR count). The Morgan fingerprint density at radius 3 is 1.90 bits per heavy atom. The second-order valence-corrected chi connectivity index (χ2v) is 21.5. The second-order valence-electron chi connectivity index (χ2n) is 21.5. The molecule has 3 aliphatic rings. The first-order chi connectivity index (χ1) is 33.1. The summed E-state index contributed by atoms with van der Waals surface area (Å²) < 4.78 is 8.90. The normalized spacial score (nSPS) is 14.8. The van der Waals surface area contributed by atoms with Crippen molar-refractivity contribution in [2.45, 2.75) is 78.6 Å². The van der Waals surface area contributed by atoms with Crippen molar-refractivity contribution < 1.29 is 25.8 Å². The van der Waals surface area contributed by atoms with Crippen LogP contribution < -0.4 is 14.5 Å². The molecular weight excluding hydrogens is 1040 g/mol. The predicted octanol–water partition coefficient (Wildman–Crippen LogP) is 15.5. The topological polar surface area (TPSA) is 36.8 Å². The standard InChI is InChI=1S/C62H57BN5O.Pt/c1-60(2,3)45-25-21-42(22-26-45)44-32-35-65-36-33-51(43-23-27-46(28-24-43)61(4,5)6)59(63(65)40-44)67-41-66(55-19-12-13-20-56(55)67)48-15-14-16-49(38-48)69-50-29-30-53-52-17-10-11-18-54(52)68(57(53)39-50)58-37-47(31-34-64-58)62(7,8)9;/h10-37,40-41H,1-9H3;/q-3;. The van der Waals surface area contributed by atoms with Gasteiger partial charge in [-0.2, -0.15) is 12.1 Å². The summed E-state index contributed by atoms with van der Waals surface area (Å²) in [6.07, 6.45) is 10.8. The van der Waals surface area contributed by atoms with E-state index in [0.29, 0.717) is 11.5 Å². The third-order valence-electron chi connectivity index (χ3n) is 13.7. The molecule has 0 aliphatic carbocycles. The Kier molecular flexibility index (Phi) is 12.0. The average molecular weight is 1090 g/mol. The zero-order chi connectivity index (χ0) is 47.8. The van der Waals surface area contributed by atoms with Crippen LogP contribution in [0.1, 0.15) is 90.1 Å². The van der Waals surface area contributed by atoms with Crippen LogP contribution in [0.15, 0.2) is 182 Å². The Labute approximate surface area is 428 Å². The van der Waals surface area contributed by atoms with Crippen LogP contribution >= 0.6 is 0 Å². The summed E-state index contributed by atoms with van der Waals surface area (Å²) in [6, 6.07) is 57.1. The van der Waals surface area contributed by atoms with Gasteiger partial charge in [-0.3, -0.25) is 0 Å². The number of hydrogen-bond acceptors (Lipinski definition) is 5. The number of rotatable bonds is 7. The monoisotopic (exact) mass is 1090 g/mol. The first kappa shape index (κ1) is 46.9. The summed E-state index contributed by atoms with van der Waals surface area (Å²) in [7, 11) is 0. The molecule has 0 N–H and O–H groups in total. The van der Waals surface area contributed by atoms with Crippen molar-refractivity contribution in [1.82, 2.24) is 14.4 Å². The van der Waals surface area contributed by atoms with Crippen LogP contribution in [0, 0.1) is 18.8 Å². The van der Waals surface area contributed by atoms with Crippen LogP contribution in [-0.4, -0.2) is 21.2 Å². The Bertz CT molecular complexity index is 3420. The van der Waals surface area contributed by atoms with Gasteiger partial charge in [0, 0.05) is 55.7 Å². The van der Waals surface area contributed by atoms with Crippen molar-refractivity contribution >= 4 is 56.9 Å². The molecular formula is C62H57BN5OPt-3. The smallest absolute Gasteiger partial charge is 0.335 e. The molecule has 0 amide bonds. The van der Waals surface area contributed by atoms with Gasteiger partial charge in [-0.15, -0.1) is 48.1 Å². The first-order valence-electron chi connectivity index (χ1n) is 24.1. The van der Waals surface area contributed by atoms with Crippen LogP contribution in [0.4, 0.5) is 17.1 Å². The third-order valence-corrected chi connectivity index (χ3v) is 13.7. The van der Waals surface area contributed by atoms with Crippen LogP contribution in [0.2, 0.25) is 0 Å². The number of benzene rings is 6. The number of ether oxygens (including phenoxy) is 1. The number of para-hydroxylation sites is 3. The van der Waals surface area contributed by atoms with Crippen molar-refractivity contribution in [2.24, 2.45) is 0 Å². The van der Waals surface area contributed by atoms with Crippen molar-refractivity contribution in [3.8, 4) is 17.3 Å². The second kappa shape index (κ2) is 17.9. The Morgan fingerprint density at radius 1 is 0.571 bits per heavy atom. The van der Waals surface area contributed by atoms with Crippen molar-refractivity contribution in [2.75, 3.05) is 9.80 Å². The molecule has 5 heterocycles. The molecule has 70 heavy (non-hydrogen) atoms. The number of anilines is 3. The van der Waals surface area contributed by atoms with E-state index in [1.165, 1.54) is 39.0 Å². The average Bonchev–Trinajstić information content (AvgIpc) is 3.89. The summed E-state index contributed by atoms with van der Waals surface area (Å²) in [5.41, 5.74) is 14.8. The van der Waals surface area contributed by atoms with Gasteiger partial charge in [-0.1, -0.05) is 153 Å². The minimum atomic E-state index is -0.0929. The number of fused-ring (bicyclic) bond motifs is 5. The summed E-state index contributed by atoms with van der Waals surface area (Å²) in [5.74, 6) is 4.46. The summed E-state index contributed by atoms with van der Waals surface area (Å²) >= 11 is 0. The molecule has 0 bridgehead atoms. The number of nitrogens with zero attached hydrogens (tertiary/aromatic N) is 5. The van der Waals surface area contributed by atoms with E-state index in [1.54, 1.807) is 0 Å². The van der Waals surface area contributed by atoms with Gasteiger partial charge in [-0.25, -0.2) is 4.98 Å². The number of hydrogen-bond donors (Lipinski definition) is 0. The zero-order valence-electron chi connectivity index (χ0n) is 41.4. The molecule has 6 nitrogen and oxygen atoms in total. The first-order valence-corrected chi connectivity index (χ1v) is 24.1. The molecule has 8 aromatic rings. The van der Waals surface area contributed by atoms with Gasteiger partial charge in [0.1, 0.15) is 5.82 Å². The van der Waals surface area contributed by atoms with E-state index >= 15 is 0 Å². The van der Waals surface area contributed by atoms with Crippen molar-refractivity contribution in [1.29, 1.82) is 0 Å². The molecule has 6 aromatic carbocycles. The maximum Gasteiger partial charge on any atom is 0.335 e. The minimum absolute atomic E-state index is 0. The maximum atomic E-state index is 6.70. The molecule has 0 saturated heterocycles. The predicted molar refractivity (Wildman–Crippen MR) is 288 cm³/mol. The number of pyridine rings is 1. The van der Waals surface area contributed by atoms with Crippen molar-refractivity contribution in [3.05, 3.63) is 228 Å². The molecule has 0 saturated carbocycles. The zero-order valence-corrected chi connectivity index (χ0v) is 43.6. The van der Waals surface area contributed by atoms with Gasteiger partial charge in [0.15, 0.2) is 0 Å². The van der Waals surface area contributed by atoms with E-state index in [1.807, 2.05) is 24.4 Å². The van der Waals surface area contributed by atoms with Gasteiger partial charge in [-0.05, 0) is 121 Å². The molecule has 8 heteroatoms. The van der Waals surface area contributed by atoms with Crippen LogP contribution in [-0.2, 0) is 37.3 Å². The van der Waals surface area contributed by atoms with Crippen LogP contribution in [0.3, 0.4) is 0 Å². The SMILES string of the molecule is CC(C)(C)c1ccc(C2=CB3C(N4[CH-]N(c5[c-]c(Oc6[c-]c7c(cc6)c6ccccc6n7-c6cc(C(C)(C)C)ccn6)ccc5)c5ccccc54)=C(c4ccc(C(C)(C)C)cc4)C=CN3C=C2)cc1.[Pt]. The molecule has 0 unspecified atom stereocenters. The Hall–Kier alpha value is -6.82. The largest absolute Gasteiger partial charge is 0.509 e.